The molecule has 0 spiro atoms. The predicted octanol–water partition coefficient (Wildman–Crippen LogP) is 2.48. The standard InChI is InChI=1S/C16H20N2O2/c1-4-20-15(19)13-9-11-10-7-5-6-8-12(10)17-14(11)16(2,3)18-13/h5-8,13,17-18H,4,9H2,1-3H3. The molecule has 1 atom stereocenters. The highest BCUT2D eigenvalue weighted by Gasteiger charge is 2.38. The van der Waals surface area contributed by atoms with Crippen molar-refractivity contribution in [1.29, 1.82) is 0 Å². The number of hydrogen-bond acceptors (Lipinski definition) is 3. The number of rotatable bonds is 2. The largest absolute Gasteiger partial charge is 0.465 e. The topological polar surface area (TPSA) is 54.1 Å². The Bertz CT molecular complexity index is 658. The minimum absolute atomic E-state index is 0.170. The molecule has 106 valence electrons. The molecular weight excluding hydrogens is 252 g/mol. The Balaban J connectivity index is 2.07. The molecule has 1 aliphatic heterocycles. The molecule has 2 aromatic rings. The summed E-state index contributed by atoms with van der Waals surface area (Å²) >= 11 is 0. The van der Waals surface area contributed by atoms with Gasteiger partial charge in [-0.25, -0.2) is 0 Å². The van der Waals surface area contributed by atoms with Crippen LogP contribution in [-0.2, 0) is 21.5 Å². The number of carbonyl (C=O) groups excluding carboxylic acids is 1. The van der Waals surface area contributed by atoms with Crippen LogP contribution in [0.1, 0.15) is 32.0 Å². The molecule has 0 aliphatic carbocycles. The van der Waals surface area contributed by atoms with Crippen LogP contribution in [0.5, 0.6) is 0 Å². The smallest absolute Gasteiger partial charge is 0.323 e. The van der Waals surface area contributed by atoms with E-state index in [-0.39, 0.29) is 17.6 Å². The molecule has 1 unspecified atom stereocenters. The third kappa shape index (κ3) is 2.00. The fourth-order valence-electron chi connectivity index (χ4n) is 3.09. The zero-order valence-corrected chi connectivity index (χ0v) is 12.1. The summed E-state index contributed by atoms with van der Waals surface area (Å²) in [4.78, 5) is 15.5. The van der Waals surface area contributed by atoms with Crippen molar-refractivity contribution in [2.24, 2.45) is 0 Å². The van der Waals surface area contributed by atoms with E-state index in [1.54, 1.807) is 0 Å². The number of esters is 1. The Morgan fingerprint density at radius 3 is 2.90 bits per heavy atom. The zero-order chi connectivity index (χ0) is 14.3. The van der Waals surface area contributed by atoms with E-state index >= 15 is 0 Å². The molecule has 1 aliphatic rings. The maximum atomic E-state index is 12.1. The lowest BCUT2D eigenvalue weighted by Crippen LogP contribution is -2.53. The minimum atomic E-state index is -0.281. The predicted molar refractivity (Wildman–Crippen MR) is 78.6 cm³/mol. The molecule has 0 amide bonds. The van der Waals surface area contributed by atoms with E-state index in [9.17, 15) is 4.79 Å². The summed E-state index contributed by atoms with van der Waals surface area (Å²) in [6, 6.07) is 7.95. The molecule has 2 heterocycles. The monoisotopic (exact) mass is 272 g/mol. The van der Waals surface area contributed by atoms with Crippen LogP contribution in [0, 0.1) is 0 Å². The summed E-state index contributed by atoms with van der Waals surface area (Å²) in [6.45, 7) is 6.43. The highest BCUT2D eigenvalue weighted by Crippen LogP contribution is 2.35. The fourth-order valence-corrected chi connectivity index (χ4v) is 3.09. The number of H-pyrrole nitrogens is 1. The van der Waals surface area contributed by atoms with Crippen molar-refractivity contribution in [3.8, 4) is 0 Å². The van der Waals surface area contributed by atoms with Gasteiger partial charge in [-0.15, -0.1) is 0 Å². The molecule has 0 fully saturated rings. The molecule has 4 nitrogen and oxygen atoms in total. The number of carbonyl (C=O) groups is 1. The molecule has 1 aromatic carbocycles. The van der Waals surface area contributed by atoms with Crippen molar-refractivity contribution >= 4 is 16.9 Å². The third-order valence-electron chi connectivity index (χ3n) is 3.95. The van der Waals surface area contributed by atoms with Gasteiger partial charge in [0.25, 0.3) is 0 Å². The van der Waals surface area contributed by atoms with Gasteiger partial charge in [-0.2, -0.15) is 0 Å². The normalized spacial score (nSPS) is 20.6. The maximum absolute atomic E-state index is 12.1. The van der Waals surface area contributed by atoms with Gasteiger partial charge in [-0.1, -0.05) is 18.2 Å². The molecule has 20 heavy (non-hydrogen) atoms. The molecular formula is C16H20N2O2. The van der Waals surface area contributed by atoms with Crippen molar-refractivity contribution < 1.29 is 9.53 Å². The number of aromatic nitrogens is 1. The number of nitrogens with one attached hydrogen (secondary N) is 2. The van der Waals surface area contributed by atoms with Gasteiger partial charge in [-0.05, 0) is 32.4 Å². The molecule has 0 saturated carbocycles. The van der Waals surface area contributed by atoms with Crippen LogP contribution >= 0.6 is 0 Å². The highest BCUT2D eigenvalue weighted by molar-refractivity contribution is 5.87. The Morgan fingerprint density at radius 1 is 1.40 bits per heavy atom. The number of para-hydroxylation sites is 1. The van der Waals surface area contributed by atoms with Crippen LogP contribution in [-0.4, -0.2) is 23.6 Å². The number of aromatic amines is 1. The van der Waals surface area contributed by atoms with Gasteiger partial charge in [0.15, 0.2) is 0 Å². The van der Waals surface area contributed by atoms with E-state index in [0.29, 0.717) is 13.0 Å². The van der Waals surface area contributed by atoms with Gasteiger partial charge in [0.1, 0.15) is 6.04 Å². The van der Waals surface area contributed by atoms with Crippen LogP contribution in [0.4, 0.5) is 0 Å². The lowest BCUT2D eigenvalue weighted by molar-refractivity contribution is -0.146. The second-order valence-electron chi connectivity index (χ2n) is 5.80. The van der Waals surface area contributed by atoms with Gasteiger partial charge in [0.05, 0.1) is 12.1 Å². The number of hydrogen-bond donors (Lipinski definition) is 2. The van der Waals surface area contributed by atoms with Gasteiger partial charge >= 0.3 is 5.97 Å². The van der Waals surface area contributed by atoms with E-state index in [1.165, 1.54) is 16.6 Å². The van der Waals surface area contributed by atoms with Crippen molar-refractivity contribution in [3.63, 3.8) is 0 Å². The van der Waals surface area contributed by atoms with E-state index < -0.39 is 0 Å². The van der Waals surface area contributed by atoms with Gasteiger partial charge < -0.3 is 9.72 Å². The highest BCUT2D eigenvalue weighted by atomic mass is 16.5. The van der Waals surface area contributed by atoms with Crippen molar-refractivity contribution in [2.45, 2.75) is 38.8 Å². The fraction of sp³-hybridized carbons (Fsp3) is 0.438. The molecule has 2 N–H and O–H groups in total. The average Bonchev–Trinajstić information content (AvgIpc) is 2.78. The molecule has 0 radical (unpaired) electrons. The molecule has 4 heteroatoms. The molecule has 3 rings (SSSR count). The van der Waals surface area contributed by atoms with E-state index in [2.05, 4.69) is 36.3 Å². The lowest BCUT2D eigenvalue weighted by Gasteiger charge is -2.36. The summed E-state index contributed by atoms with van der Waals surface area (Å²) in [6.07, 6.45) is 0.668. The Hall–Kier alpha value is -1.81. The molecule has 0 bridgehead atoms. The van der Waals surface area contributed by atoms with Crippen molar-refractivity contribution in [2.75, 3.05) is 6.61 Å². The summed E-state index contributed by atoms with van der Waals surface area (Å²) < 4.78 is 5.17. The Kier molecular flexibility index (Phi) is 3.05. The van der Waals surface area contributed by atoms with Crippen LogP contribution < -0.4 is 5.32 Å². The summed E-state index contributed by atoms with van der Waals surface area (Å²) in [5, 5.41) is 4.59. The lowest BCUT2D eigenvalue weighted by atomic mass is 9.86. The minimum Gasteiger partial charge on any atom is -0.465 e. The Labute approximate surface area is 118 Å². The first-order valence-corrected chi connectivity index (χ1v) is 7.07. The van der Waals surface area contributed by atoms with Crippen LogP contribution in [0.2, 0.25) is 0 Å². The number of fused-ring (bicyclic) bond motifs is 3. The van der Waals surface area contributed by atoms with Gasteiger partial charge in [0, 0.05) is 23.0 Å². The third-order valence-corrected chi connectivity index (χ3v) is 3.95. The summed E-state index contributed by atoms with van der Waals surface area (Å²) in [7, 11) is 0. The van der Waals surface area contributed by atoms with Gasteiger partial charge in [0.2, 0.25) is 0 Å². The zero-order valence-electron chi connectivity index (χ0n) is 12.1. The van der Waals surface area contributed by atoms with E-state index in [1.807, 2.05) is 19.1 Å². The second-order valence-corrected chi connectivity index (χ2v) is 5.80. The Morgan fingerprint density at radius 2 is 2.15 bits per heavy atom. The molecule has 1 aromatic heterocycles. The van der Waals surface area contributed by atoms with E-state index in [0.717, 1.165) is 5.52 Å². The number of benzene rings is 1. The van der Waals surface area contributed by atoms with Crippen LogP contribution in [0.3, 0.4) is 0 Å². The van der Waals surface area contributed by atoms with Gasteiger partial charge in [-0.3, -0.25) is 10.1 Å². The van der Waals surface area contributed by atoms with Crippen molar-refractivity contribution in [1.82, 2.24) is 10.3 Å². The second kappa shape index (κ2) is 4.63. The van der Waals surface area contributed by atoms with E-state index in [4.69, 9.17) is 4.74 Å². The average molecular weight is 272 g/mol. The number of ether oxygens (including phenoxy) is 1. The quantitative estimate of drug-likeness (QED) is 0.826. The summed E-state index contributed by atoms with van der Waals surface area (Å²) in [5.41, 5.74) is 3.24. The van der Waals surface area contributed by atoms with Crippen LogP contribution in [0.15, 0.2) is 24.3 Å². The molecule has 0 saturated heterocycles. The first kappa shape index (κ1) is 13.2. The first-order valence-electron chi connectivity index (χ1n) is 7.07. The maximum Gasteiger partial charge on any atom is 0.323 e. The summed E-state index contributed by atoms with van der Waals surface area (Å²) in [5.74, 6) is -0.170. The van der Waals surface area contributed by atoms with Crippen molar-refractivity contribution in [3.05, 3.63) is 35.5 Å². The van der Waals surface area contributed by atoms with Crippen LogP contribution in [0.25, 0.3) is 10.9 Å². The SMILES string of the molecule is CCOC(=O)C1Cc2c([nH]c3ccccc23)C(C)(C)N1. The first-order chi connectivity index (χ1) is 9.53.